The van der Waals surface area contributed by atoms with E-state index in [2.05, 4.69) is 9.55 Å². The molecule has 0 bridgehead atoms. The fourth-order valence-corrected chi connectivity index (χ4v) is 5.03. The van der Waals surface area contributed by atoms with Crippen molar-refractivity contribution in [3.63, 3.8) is 0 Å². The Morgan fingerprint density at radius 2 is 2.26 bits per heavy atom. The highest BCUT2D eigenvalue weighted by Gasteiger charge is 2.27. The quantitative estimate of drug-likeness (QED) is 0.858. The first kappa shape index (κ1) is 13.1. The van der Waals surface area contributed by atoms with Crippen LogP contribution in [-0.2, 0) is 29.2 Å². The fourth-order valence-electron chi connectivity index (χ4n) is 3.26. The third-order valence-electron chi connectivity index (χ3n) is 4.24. The molecule has 2 atom stereocenters. The number of aromatic nitrogens is 2. The minimum absolute atomic E-state index is 0.237. The maximum absolute atomic E-state index is 11.7. The van der Waals surface area contributed by atoms with Gasteiger partial charge in [-0.3, -0.25) is 0 Å². The second-order valence-electron chi connectivity index (χ2n) is 5.90. The minimum atomic E-state index is -2.82. The van der Waals surface area contributed by atoms with Crippen LogP contribution in [0.1, 0.15) is 30.8 Å². The number of nitrogens with two attached hydrogens (primary N) is 1. The maximum atomic E-state index is 11.7. The third kappa shape index (κ3) is 2.84. The van der Waals surface area contributed by atoms with Crippen molar-refractivity contribution in [2.45, 2.75) is 44.7 Å². The number of hydrogen-bond acceptors (Lipinski definition) is 4. The first-order valence-electron chi connectivity index (χ1n) is 7.03. The zero-order valence-corrected chi connectivity index (χ0v) is 11.9. The largest absolute Gasteiger partial charge is 0.332 e. The zero-order chi connectivity index (χ0) is 13.5. The van der Waals surface area contributed by atoms with Gasteiger partial charge in [0.25, 0.3) is 0 Å². The van der Waals surface area contributed by atoms with Crippen LogP contribution in [0.2, 0.25) is 0 Å². The molecular formula is C13H21N3O2S. The van der Waals surface area contributed by atoms with Crippen LogP contribution in [0.3, 0.4) is 0 Å². The summed E-state index contributed by atoms with van der Waals surface area (Å²) in [4.78, 5) is 4.49. The molecule has 5 nitrogen and oxygen atoms in total. The molecular weight excluding hydrogens is 262 g/mol. The van der Waals surface area contributed by atoms with E-state index in [1.807, 2.05) is 6.20 Å². The first-order chi connectivity index (χ1) is 9.03. The lowest BCUT2D eigenvalue weighted by molar-refractivity contribution is 0.432. The van der Waals surface area contributed by atoms with Crippen molar-refractivity contribution in [2.75, 3.05) is 11.5 Å². The van der Waals surface area contributed by atoms with Crippen LogP contribution in [0.15, 0.2) is 6.20 Å². The Morgan fingerprint density at radius 3 is 3.05 bits per heavy atom. The fraction of sp³-hybridized carbons (Fsp3) is 0.769. The van der Waals surface area contributed by atoms with E-state index >= 15 is 0 Å². The summed E-state index contributed by atoms with van der Waals surface area (Å²) in [6, 6.07) is 0.243. The first-order valence-corrected chi connectivity index (χ1v) is 8.85. The topological polar surface area (TPSA) is 78.0 Å². The number of imidazole rings is 1. The summed E-state index contributed by atoms with van der Waals surface area (Å²) in [5, 5.41) is 0. The Kier molecular flexibility index (Phi) is 3.39. The van der Waals surface area contributed by atoms with Crippen LogP contribution in [-0.4, -0.2) is 35.5 Å². The molecule has 1 aromatic rings. The number of fused-ring (bicyclic) bond motifs is 1. The monoisotopic (exact) mass is 283 g/mol. The Bertz CT molecular complexity index is 564. The van der Waals surface area contributed by atoms with E-state index in [0.29, 0.717) is 11.5 Å². The molecule has 0 aliphatic carbocycles. The van der Waals surface area contributed by atoms with Crippen LogP contribution >= 0.6 is 0 Å². The van der Waals surface area contributed by atoms with E-state index in [9.17, 15) is 8.42 Å². The van der Waals surface area contributed by atoms with E-state index in [-0.39, 0.29) is 12.0 Å². The van der Waals surface area contributed by atoms with Crippen molar-refractivity contribution in [3.05, 3.63) is 17.7 Å². The average Bonchev–Trinajstić information content (AvgIpc) is 2.70. The molecule has 0 amide bonds. The van der Waals surface area contributed by atoms with Crippen LogP contribution in [0.25, 0.3) is 0 Å². The molecule has 106 valence electrons. The van der Waals surface area contributed by atoms with Gasteiger partial charge in [0.1, 0.15) is 5.82 Å². The second-order valence-corrected chi connectivity index (χ2v) is 8.13. The molecule has 0 radical (unpaired) electrons. The van der Waals surface area contributed by atoms with Crippen LogP contribution in [0.5, 0.6) is 0 Å². The summed E-state index contributed by atoms with van der Waals surface area (Å²) in [5.74, 6) is 1.97. The summed E-state index contributed by atoms with van der Waals surface area (Å²) in [6.45, 7) is 0.922. The molecule has 1 saturated heterocycles. The lowest BCUT2D eigenvalue weighted by atomic mass is 10.0. The Labute approximate surface area is 114 Å². The number of nitrogens with zero attached hydrogens (tertiary/aromatic N) is 2. The van der Waals surface area contributed by atoms with Crippen molar-refractivity contribution >= 4 is 9.84 Å². The molecule has 1 fully saturated rings. The van der Waals surface area contributed by atoms with Gasteiger partial charge in [0, 0.05) is 37.3 Å². The Hall–Kier alpha value is -0.880. The number of sulfone groups is 1. The summed E-state index contributed by atoms with van der Waals surface area (Å²) < 4.78 is 25.6. The maximum Gasteiger partial charge on any atom is 0.150 e. The molecule has 0 aromatic carbocycles. The van der Waals surface area contributed by atoms with Gasteiger partial charge in [-0.1, -0.05) is 0 Å². The van der Waals surface area contributed by atoms with E-state index in [1.54, 1.807) is 0 Å². The van der Waals surface area contributed by atoms with Gasteiger partial charge in [-0.2, -0.15) is 0 Å². The van der Waals surface area contributed by atoms with E-state index in [4.69, 9.17) is 5.73 Å². The molecule has 1 aromatic heterocycles. The molecule has 19 heavy (non-hydrogen) atoms. The SMILES string of the molecule is NC1CCn2c(cnc2CC2CCCS(=O)(=O)C2)C1. The highest BCUT2D eigenvalue weighted by molar-refractivity contribution is 7.91. The van der Waals surface area contributed by atoms with Crippen molar-refractivity contribution in [1.82, 2.24) is 9.55 Å². The van der Waals surface area contributed by atoms with Gasteiger partial charge < -0.3 is 10.3 Å². The van der Waals surface area contributed by atoms with Crippen molar-refractivity contribution in [2.24, 2.45) is 11.7 Å². The lowest BCUT2D eigenvalue weighted by Crippen LogP contribution is -2.32. The van der Waals surface area contributed by atoms with Crippen molar-refractivity contribution in [3.8, 4) is 0 Å². The highest BCUT2D eigenvalue weighted by Crippen LogP contribution is 2.24. The van der Waals surface area contributed by atoms with Gasteiger partial charge in [0.2, 0.25) is 0 Å². The highest BCUT2D eigenvalue weighted by atomic mass is 32.2. The van der Waals surface area contributed by atoms with Crippen LogP contribution in [0, 0.1) is 5.92 Å². The van der Waals surface area contributed by atoms with Crippen LogP contribution < -0.4 is 5.73 Å². The average molecular weight is 283 g/mol. The molecule has 2 unspecified atom stereocenters. The molecule has 0 spiro atoms. The van der Waals surface area contributed by atoms with Gasteiger partial charge >= 0.3 is 0 Å². The standard InChI is InChI=1S/C13H21N3O2S/c14-11-3-4-16-12(7-11)8-15-13(16)6-10-2-1-5-19(17,18)9-10/h8,10-11H,1-7,9,14H2. The summed E-state index contributed by atoms with van der Waals surface area (Å²) in [5.41, 5.74) is 7.16. The summed E-state index contributed by atoms with van der Waals surface area (Å²) in [6.07, 6.45) is 6.36. The zero-order valence-electron chi connectivity index (χ0n) is 11.1. The molecule has 0 saturated carbocycles. The molecule has 6 heteroatoms. The number of rotatable bonds is 2. The number of hydrogen-bond donors (Lipinski definition) is 1. The third-order valence-corrected chi connectivity index (χ3v) is 6.13. The van der Waals surface area contributed by atoms with Crippen molar-refractivity contribution in [1.29, 1.82) is 0 Å². The lowest BCUT2D eigenvalue weighted by Gasteiger charge is -2.25. The molecule has 2 N–H and O–H groups in total. The van der Waals surface area contributed by atoms with Gasteiger partial charge in [-0.15, -0.1) is 0 Å². The summed E-state index contributed by atoms with van der Waals surface area (Å²) in [7, 11) is -2.82. The molecule has 3 rings (SSSR count). The molecule has 2 aliphatic heterocycles. The van der Waals surface area contributed by atoms with E-state index in [0.717, 1.165) is 44.5 Å². The van der Waals surface area contributed by atoms with E-state index in [1.165, 1.54) is 5.69 Å². The predicted octanol–water partition coefficient (Wildman–Crippen LogP) is 0.524. The normalized spacial score (nSPS) is 29.9. The van der Waals surface area contributed by atoms with Gasteiger partial charge in [-0.25, -0.2) is 13.4 Å². The summed E-state index contributed by atoms with van der Waals surface area (Å²) >= 11 is 0. The molecule has 2 aliphatic rings. The Balaban J connectivity index is 1.74. The minimum Gasteiger partial charge on any atom is -0.332 e. The Morgan fingerprint density at radius 1 is 1.42 bits per heavy atom. The van der Waals surface area contributed by atoms with Gasteiger partial charge in [0.15, 0.2) is 9.84 Å². The van der Waals surface area contributed by atoms with Gasteiger partial charge in [-0.05, 0) is 25.2 Å². The smallest absolute Gasteiger partial charge is 0.150 e. The second kappa shape index (κ2) is 4.90. The van der Waals surface area contributed by atoms with E-state index < -0.39 is 9.84 Å². The van der Waals surface area contributed by atoms with Gasteiger partial charge in [0.05, 0.1) is 11.5 Å². The predicted molar refractivity (Wildman–Crippen MR) is 73.6 cm³/mol. The van der Waals surface area contributed by atoms with Crippen LogP contribution in [0.4, 0.5) is 0 Å². The van der Waals surface area contributed by atoms with Crippen molar-refractivity contribution < 1.29 is 8.42 Å². The molecule has 3 heterocycles.